The number of fused-ring (bicyclic) bond motifs is 1. The van der Waals surface area contributed by atoms with Crippen molar-refractivity contribution in [2.24, 2.45) is 5.14 Å². The second kappa shape index (κ2) is 5.88. The number of sulfonamides is 2. The van der Waals surface area contributed by atoms with Gasteiger partial charge in [0.1, 0.15) is 27.6 Å². The Kier molecular flexibility index (Phi) is 4.24. The van der Waals surface area contributed by atoms with Gasteiger partial charge in [0.25, 0.3) is 0 Å². The van der Waals surface area contributed by atoms with Crippen LogP contribution in [0.15, 0.2) is 40.1 Å². The summed E-state index contributed by atoms with van der Waals surface area (Å²) in [5.41, 5.74) is -0.660. The molecule has 0 aromatic heterocycles. The first-order valence-electron chi connectivity index (χ1n) is 6.60. The van der Waals surface area contributed by atoms with E-state index in [0.29, 0.717) is 0 Å². The standard InChI is InChI=1S/C13H10ClF2N3O4S2/c14-6-4-9-11(5-10(6)24(17,20)21)25(22,23)19-13(18-9)12-7(15)2-1-3-8(12)16/h1-5,13,18-19H,(H2,17,20,21)/t13-/m0/s1. The summed E-state index contributed by atoms with van der Waals surface area (Å²) in [5, 5.41) is 7.24. The lowest BCUT2D eigenvalue weighted by atomic mass is 10.1. The van der Waals surface area contributed by atoms with Gasteiger partial charge in [-0.05, 0) is 24.3 Å². The number of nitrogens with two attached hydrogens (primary N) is 1. The third-order valence-electron chi connectivity index (χ3n) is 3.49. The van der Waals surface area contributed by atoms with E-state index in [4.69, 9.17) is 16.7 Å². The van der Waals surface area contributed by atoms with Crippen LogP contribution in [-0.4, -0.2) is 16.8 Å². The molecule has 0 radical (unpaired) electrons. The highest BCUT2D eigenvalue weighted by Gasteiger charge is 2.34. The normalized spacial score (nSPS) is 19.1. The summed E-state index contributed by atoms with van der Waals surface area (Å²) in [4.78, 5) is -1.05. The van der Waals surface area contributed by atoms with Crippen molar-refractivity contribution in [2.45, 2.75) is 16.0 Å². The van der Waals surface area contributed by atoms with E-state index in [0.717, 1.165) is 30.3 Å². The molecule has 134 valence electrons. The van der Waals surface area contributed by atoms with Gasteiger partial charge in [0.15, 0.2) is 0 Å². The van der Waals surface area contributed by atoms with Gasteiger partial charge in [0.05, 0.1) is 16.3 Å². The molecule has 2 aromatic rings. The third-order valence-corrected chi connectivity index (χ3v) is 6.33. The van der Waals surface area contributed by atoms with Gasteiger partial charge in [-0.1, -0.05) is 17.7 Å². The van der Waals surface area contributed by atoms with E-state index in [9.17, 15) is 25.6 Å². The van der Waals surface area contributed by atoms with E-state index in [1.165, 1.54) is 0 Å². The van der Waals surface area contributed by atoms with Crippen molar-refractivity contribution in [3.63, 3.8) is 0 Å². The molecule has 2 aromatic carbocycles. The zero-order valence-electron chi connectivity index (χ0n) is 12.1. The molecule has 0 saturated heterocycles. The fourth-order valence-corrected chi connectivity index (χ4v) is 4.88. The molecule has 1 heterocycles. The Hall–Kier alpha value is -1.79. The lowest BCUT2D eigenvalue weighted by molar-refractivity contribution is 0.514. The smallest absolute Gasteiger partial charge is 0.244 e. The lowest BCUT2D eigenvalue weighted by Gasteiger charge is -2.29. The van der Waals surface area contributed by atoms with Crippen molar-refractivity contribution in [3.8, 4) is 0 Å². The SMILES string of the molecule is NS(=O)(=O)c1cc2c(cc1Cl)N[C@H](c1c(F)cccc1F)NS2(=O)=O. The number of hydrogen-bond donors (Lipinski definition) is 3. The Bertz CT molecular complexity index is 1070. The van der Waals surface area contributed by atoms with Crippen LogP contribution in [0.25, 0.3) is 0 Å². The highest BCUT2D eigenvalue weighted by atomic mass is 35.5. The molecule has 0 fully saturated rings. The molecule has 0 spiro atoms. The first-order chi connectivity index (χ1) is 11.5. The van der Waals surface area contributed by atoms with Crippen LogP contribution in [0.4, 0.5) is 14.5 Å². The number of rotatable bonds is 2. The molecule has 0 bridgehead atoms. The number of nitrogens with one attached hydrogen (secondary N) is 2. The maximum Gasteiger partial charge on any atom is 0.244 e. The number of primary sulfonamides is 1. The van der Waals surface area contributed by atoms with E-state index in [-0.39, 0.29) is 10.7 Å². The first kappa shape index (κ1) is 18.0. The summed E-state index contributed by atoms with van der Waals surface area (Å²) >= 11 is 5.83. The molecule has 25 heavy (non-hydrogen) atoms. The summed E-state index contributed by atoms with van der Waals surface area (Å²) in [5.74, 6) is -1.92. The second-order valence-corrected chi connectivity index (χ2v) is 8.78. The van der Waals surface area contributed by atoms with Gasteiger partial charge < -0.3 is 5.32 Å². The minimum absolute atomic E-state index is 0.121. The molecule has 0 amide bonds. The minimum Gasteiger partial charge on any atom is -0.364 e. The molecule has 1 atom stereocenters. The molecular formula is C13H10ClF2N3O4S2. The maximum absolute atomic E-state index is 13.9. The number of hydrogen-bond acceptors (Lipinski definition) is 5. The number of benzene rings is 2. The molecule has 0 unspecified atom stereocenters. The lowest BCUT2D eigenvalue weighted by Crippen LogP contribution is -2.39. The second-order valence-electron chi connectivity index (χ2n) is 5.16. The van der Waals surface area contributed by atoms with E-state index in [1.807, 2.05) is 4.72 Å². The van der Waals surface area contributed by atoms with Gasteiger partial charge in [0.2, 0.25) is 20.0 Å². The van der Waals surface area contributed by atoms with Crippen LogP contribution in [-0.2, 0) is 20.0 Å². The van der Waals surface area contributed by atoms with E-state index in [2.05, 4.69) is 5.32 Å². The predicted molar refractivity (Wildman–Crippen MR) is 85.9 cm³/mol. The Morgan fingerprint density at radius 1 is 1.16 bits per heavy atom. The van der Waals surface area contributed by atoms with Crippen LogP contribution in [0, 0.1) is 11.6 Å². The van der Waals surface area contributed by atoms with Crippen molar-refractivity contribution in [1.82, 2.24) is 4.72 Å². The zero-order valence-corrected chi connectivity index (χ0v) is 14.5. The van der Waals surface area contributed by atoms with Crippen molar-refractivity contribution < 1.29 is 25.6 Å². The topological polar surface area (TPSA) is 118 Å². The van der Waals surface area contributed by atoms with Crippen LogP contribution < -0.4 is 15.2 Å². The minimum atomic E-state index is -4.30. The molecule has 7 nitrogen and oxygen atoms in total. The highest BCUT2D eigenvalue weighted by molar-refractivity contribution is 7.90. The van der Waals surface area contributed by atoms with E-state index in [1.54, 1.807) is 0 Å². The highest BCUT2D eigenvalue weighted by Crippen LogP contribution is 2.37. The first-order valence-corrected chi connectivity index (χ1v) is 10.0. The quantitative estimate of drug-likeness (QED) is 0.697. The van der Waals surface area contributed by atoms with Crippen LogP contribution >= 0.6 is 11.6 Å². The maximum atomic E-state index is 13.9. The Labute approximate surface area is 146 Å². The van der Waals surface area contributed by atoms with Crippen LogP contribution in [0.2, 0.25) is 5.02 Å². The molecule has 12 heteroatoms. The van der Waals surface area contributed by atoms with E-state index >= 15 is 0 Å². The van der Waals surface area contributed by atoms with E-state index < -0.39 is 53.2 Å². The van der Waals surface area contributed by atoms with Crippen molar-refractivity contribution in [2.75, 3.05) is 5.32 Å². The summed E-state index contributed by atoms with van der Waals surface area (Å²) in [6.45, 7) is 0. The fourth-order valence-electron chi connectivity index (χ4n) is 2.41. The largest absolute Gasteiger partial charge is 0.364 e. The fraction of sp³-hybridized carbons (Fsp3) is 0.0769. The molecule has 0 aliphatic carbocycles. The molecule has 1 aliphatic rings. The van der Waals surface area contributed by atoms with Crippen LogP contribution in [0.1, 0.15) is 11.7 Å². The van der Waals surface area contributed by atoms with Gasteiger partial charge in [-0.25, -0.2) is 30.8 Å². The van der Waals surface area contributed by atoms with Gasteiger partial charge in [-0.2, -0.15) is 4.72 Å². The van der Waals surface area contributed by atoms with Crippen LogP contribution in [0.3, 0.4) is 0 Å². The van der Waals surface area contributed by atoms with Gasteiger partial charge in [-0.3, -0.25) is 0 Å². The number of halogens is 3. The van der Waals surface area contributed by atoms with Gasteiger partial charge in [0, 0.05) is 0 Å². The Morgan fingerprint density at radius 2 is 1.76 bits per heavy atom. The Balaban J connectivity index is 2.18. The Morgan fingerprint density at radius 3 is 2.32 bits per heavy atom. The summed E-state index contributed by atoms with van der Waals surface area (Å²) in [6, 6.07) is 4.87. The monoisotopic (exact) mass is 409 g/mol. The molecular weight excluding hydrogens is 400 g/mol. The summed E-state index contributed by atoms with van der Waals surface area (Å²) in [6.07, 6.45) is -1.45. The number of anilines is 1. The van der Waals surface area contributed by atoms with Gasteiger partial charge in [-0.15, -0.1) is 0 Å². The molecule has 4 N–H and O–H groups in total. The third kappa shape index (κ3) is 3.20. The summed E-state index contributed by atoms with van der Waals surface area (Å²) in [7, 11) is -8.57. The van der Waals surface area contributed by atoms with Crippen molar-refractivity contribution >= 4 is 37.3 Å². The van der Waals surface area contributed by atoms with Crippen molar-refractivity contribution in [3.05, 3.63) is 52.6 Å². The predicted octanol–water partition coefficient (Wildman–Crippen LogP) is 1.67. The zero-order chi connectivity index (χ0) is 18.6. The van der Waals surface area contributed by atoms with Gasteiger partial charge >= 0.3 is 0 Å². The molecule has 0 saturated carbocycles. The summed E-state index contributed by atoms with van der Waals surface area (Å²) < 4.78 is 77.7. The average Bonchev–Trinajstić information content (AvgIpc) is 2.44. The van der Waals surface area contributed by atoms with Crippen molar-refractivity contribution in [1.29, 1.82) is 0 Å². The van der Waals surface area contributed by atoms with Crippen LogP contribution in [0.5, 0.6) is 0 Å². The average molecular weight is 410 g/mol. The molecule has 1 aliphatic heterocycles. The molecule has 3 rings (SSSR count).